The molecular weight excluding hydrogens is 1710 g/mol. The van der Waals surface area contributed by atoms with Crippen molar-refractivity contribution in [2.45, 2.75) is 134 Å². The summed E-state index contributed by atoms with van der Waals surface area (Å²) >= 11 is 0. The minimum absolute atomic E-state index is 0.0107. The number of oxazole rings is 1. The molecule has 4 saturated carbocycles. The summed E-state index contributed by atoms with van der Waals surface area (Å²) in [5.41, 5.74) is 5.12. The van der Waals surface area contributed by atoms with E-state index in [9.17, 15) is 43.5 Å². The van der Waals surface area contributed by atoms with Crippen molar-refractivity contribution in [3.8, 4) is 17.5 Å². The van der Waals surface area contributed by atoms with Gasteiger partial charge in [0.2, 0.25) is 0 Å². The molecule has 0 radical (unpaired) electrons. The van der Waals surface area contributed by atoms with Gasteiger partial charge in [0.1, 0.15) is 104 Å². The van der Waals surface area contributed by atoms with Crippen LogP contribution in [0.4, 0.5) is 69.3 Å². The quantitative estimate of drug-likeness (QED) is 0.0235. The van der Waals surface area contributed by atoms with Gasteiger partial charge in [0.05, 0.1) is 90.9 Å². The van der Waals surface area contributed by atoms with Crippen molar-refractivity contribution in [1.29, 1.82) is 0 Å². The summed E-state index contributed by atoms with van der Waals surface area (Å²) in [5, 5.41) is 63.3. The number of methoxy groups -OCH3 is 3. The Balaban J connectivity index is 0.000000129. The van der Waals surface area contributed by atoms with Crippen LogP contribution in [0.25, 0.3) is 40.1 Å². The smallest absolute Gasteiger partial charge is 0.308 e. The third-order valence-electron chi connectivity index (χ3n) is 23.2. The van der Waals surface area contributed by atoms with Gasteiger partial charge in [-0.15, -0.1) is 0 Å². The number of fused-ring (bicyclic) bond motifs is 4. The molecule has 0 spiro atoms. The van der Waals surface area contributed by atoms with E-state index in [1.54, 1.807) is 192 Å². The molecule has 13 N–H and O–H groups in total. The first kappa shape index (κ1) is 90.3. The number of rotatable bonds is 27. The lowest BCUT2D eigenvalue weighted by atomic mass is 9.89. The van der Waals surface area contributed by atoms with Crippen LogP contribution in [0.2, 0.25) is 0 Å². The lowest BCUT2D eigenvalue weighted by Gasteiger charge is -2.35. The highest BCUT2D eigenvalue weighted by molar-refractivity contribution is 6.03. The highest BCUT2D eigenvalue weighted by Crippen LogP contribution is 2.31. The molecule has 0 unspecified atom stereocenters. The molecule has 15 heterocycles. The fourth-order valence-electron chi connectivity index (χ4n) is 15.3. The number of pyridine rings is 6. The molecule has 0 aliphatic heterocycles. The van der Waals surface area contributed by atoms with Crippen LogP contribution in [0.15, 0.2) is 195 Å². The van der Waals surface area contributed by atoms with Gasteiger partial charge in [0.25, 0.3) is 45.9 Å². The van der Waals surface area contributed by atoms with Crippen LogP contribution in [-0.4, -0.2) is 218 Å². The summed E-state index contributed by atoms with van der Waals surface area (Å²) < 4.78 is 33.5. The average Bonchev–Trinajstić information content (AvgIpc) is 1.68. The van der Waals surface area contributed by atoms with Crippen LogP contribution in [0.3, 0.4) is 0 Å². The SMILES string of the molecule is CNc1cc(Nc2cccn(-c3ccc(C)nc3)c2=O)nc2c(C(=O)N[C@H]3CC[C@@H]3OC)cnn12.CNc1cc(Nc2cccn(-c3ccccn3)c2=O)nc2c(C(=O)N[C@H]3CC[C@@H]3O)cnn12.CNc1cc(Nc2cccn(-c3nc(C)co3)c2=O)nc2c(C(=O)N[C@H]3CC[C@@H]3OC)cnn12.CNc1cc(Nc2cccn(C(C)C)c2=O)nc2c(C(=O)N[C@H]3CC[C@@H]3OC)cnn12. The van der Waals surface area contributed by atoms with Crippen molar-refractivity contribution >= 4 is 116 Å². The van der Waals surface area contributed by atoms with Gasteiger partial charge in [0.15, 0.2) is 22.6 Å². The molecule has 15 aromatic rings. The molecule has 4 amide bonds. The third kappa shape index (κ3) is 19.1. The van der Waals surface area contributed by atoms with Crippen molar-refractivity contribution < 1.29 is 42.9 Å². The summed E-state index contributed by atoms with van der Waals surface area (Å²) in [4.78, 5) is 134. The maximum atomic E-state index is 13.2. The van der Waals surface area contributed by atoms with Crippen LogP contribution in [0.1, 0.15) is 124 Å². The Morgan fingerprint density at radius 1 is 0.414 bits per heavy atom. The van der Waals surface area contributed by atoms with Gasteiger partial charge in [-0.2, -0.15) is 43.4 Å². The zero-order valence-electron chi connectivity index (χ0n) is 74.4. The van der Waals surface area contributed by atoms with Gasteiger partial charge in [-0.3, -0.25) is 52.5 Å². The van der Waals surface area contributed by atoms with Crippen LogP contribution in [0, 0.1) is 13.8 Å². The van der Waals surface area contributed by atoms with E-state index in [1.807, 2.05) is 39.0 Å². The number of carbonyl (C=O) groups is 4. The van der Waals surface area contributed by atoms with Crippen LogP contribution >= 0.6 is 0 Å². The Kier molecular flexibility index (Phi) is 26.8. The predicted molar refractivity (Wildman–Crippen MR) is 496 cm³/mol. The number of anilines is 12. The summed E-state index contributed by atoms with van der Waals surface area (Å²) in [6, 6.07) is 29.4. The van der Waals surface area contributed by atoms with E-state index in [-0.39, 0.29) is 112 Å². The fourth-order valence-corrected chi connectivity index (χ4v) is 15.3. The predicted octanol–water partition coefficient (Wildman–Crippen LogP) is 7.62. The summed E-state index contributed by atoms with van der Waals surface area (Å²) in [5.74, 6) is 3.28. The minimum atomic E-state index is -0.534. The zero-order valence-corrected chi connectivity index (χ0v) is 74.4. The Bertz CT molecular complexity index is 7070. The number of amides is 4. The molecule has 8 atom stereocenters. The van der Waals surface area contributed by atoms with Gasteiger partial charge >= 0.3 is 6.01 Å². The molecule has 0 bridgehead atoms. The first-order valence-electron chi connectivity index (χ1n) is 42.9. The van der Waals surface area contributed by atoms with Gasteiger partial charge < -0.3 is 92.1 Å². The van der Waals surface area contributed by atoms with Crippen LogP contribution < -0.4 is 86.0 Å². The molecule has 688 valence electrons. The van der Waals surface area contributed by atoms with E-state index in [2.05, 4.69) is 119 Å². The molecular formula is C89H99N31O13. The number of hydrogen-bond acceptors (Lipinski definition) is 32. The molecule has 44 heteroatoms. The number of aromatic nitrogens is 19. The number of hydrogen-bond donors (Lipinski definition) is 13. The second kappa shape index (κ2) is 39.5. The number of carbonyl (C=O) groups excluding carboxylic acids is 4. The molecule has 19 rings (SSSR count). The van der Waals surface area contributed by atoms with Gasteiger partial charge in [0, 0.05) is 117 Å². The van der Waals surface area contributed by atoms with Crippen molar-refractivity contribution in [1.82, 2.24) is 113 Å². The Morgan fingerprint density at radius 2 is 0.789 bits per heavy atom. The molecule has 133 heavy (non-hydrogen) atoms. The lowest BCUT2D eigenvalue weighted by Crippen LogP contribution is -2.51. The number of aliphatic hydroxyl groups excluding tert-OH is 1. The number of nitrogens with zero attached hydrogens (tertiary/aromatic N) is 19. The Hall–Kier alpha value is -16.1. The van der Waals surface area contributed by atoms with E-state index in [1.165, 1.54) is 53.8 Å². The second-order valence-electron chi connectivity index (χ2n) is 31.9. The number of ether oxygens (including phenoxy) is 3. The number of nitrogens with one attached hydrogen (secondary N) is 12. The van der Waals surface area contributed by atoms with Crippen LogP contribution in [-0.2, 0) is 14.2 Å². The van der Waals surface area contributed by atoms with E-state index >= 15 is 0 Å². The minimum Gasteiger partial charge on any atom is -0.431 e. The summed E-state index contributed by atoms with van der Waals surface area (Å²) in [6.45, 7) is 7.56. The average molecular weight is 1810 g/mol. The lowest BCUT2D eigenvalue weighted by molar-refractivity contribution is 0.00731. The fraction of sp³-hybridized carbons (Fsp3) is 0.315. The number of aryl methyl sites for hydroxylation is 2. The molecule has 44 nitrogen and oxygen atoms in total. The first-order chi connectivity index (χ1) is 64.4. The maximum Gasteiger partial charge on any atom is 0.308 e. The van der Waals surface area contributed by atoms with Crippen molar-refractivity contribution in [3.63, 3.8) is 0 Å². The van der Waals surface area contributed by atoms with E-state index < -0.39 is 6.10 Å². The monoisotopic (exact) mass is 1810 g/mol. The first-order valence-corrected chi connectivity index (χ1v) is 42.9. The normalized spacial score (nSPS) is 17.5. The summed E-state index contributed by atoms with van der Waals surface area (Å²) in [7, 11) is 11.9. The standard InChI is InChI=1S/C24H26N8O3.C22H24N8O4.C22H22N8O3.C21H27N7O3/c1-14-6-7-15(12-26-14)31-10-4-5-18(24(31)34)28-20-11-21(25-2)32-22(30-20)16(13-27-32)23(33)29-17-8-9-19(17)35-3;1-12-11-34-22(25-12)29-8-4-5-15(21(29)32)26-17-9-18(23-2)30-19(28-17)13(10-24-30)20(31)27-14-6-7-16(14)33-3;1-23-19-11-17(26-15-5-4-10-29(22(15)33)18-6-2-3-9-24-18)28-20-13(12-25-30(19)20)21(32)27-14-7-8-16(14)31;1-12(2)27-9-5-6-15(21(27)30)24-17-10-18(22-3)28-19(26-17)13(11-23-28)20(29)25-14-7-8-16(14)31-4/h4-7,10-13,17,19,25H,8-9H2,1-3H3,(H,28,30)(H,29,33);4-5,8-11,14,16,23H,6-7H2,1-3H3,(H,26,28)(H,27,31);2-6,9-12,14,16,23,31H,7-8H2,1H3,(H,26,28)(H,27,32);5-6,9-12,14,16,22H,7-8H2,1-4H3,(H,24,26)(H,25,29)/t17-,19-;3*14-,16-/m0000/s1. The second-order valence-corrected chi connectivity index (χ2v) is 31.9. The number of aliphatic hydroxyl groups is 1. The Labute approximate surface area is 757 Å². The summed E-state index contributed by atoms with van der Waals surface area (Å²) in [6.07, 6.45) is 23.6. The largest absolute Gasteiger partial charge is 0.431 e. The highest BCUT2D eigenvalue weighted by Gasteiger charge is 2.37. The zero-order chi connectivity index (χ0) is 93.4. The van der Waals surface area contributed by atoms with E-state index in [0.717, 1.165) is 50.6 Å². The van der Waals surface area contributed by atoms with E-state index in [0.29, 0.717) is 127 Å². The van der Waals surface area contributed by atoms with Crippen molar-refractivity contribution in [2.75, 3.05) is 92.1 Å². The Morgan fingerprint density at radius 3 is 1.12 bits per heavy atom. The molecule has 15 aromatic heterocycles. The third-order valence-corrected chi connectivity index (χ3v) is 23.2. The molecule has 4 aliphatic carbocycles. The topological polar surface area (TPSA) is 521 Å². The molecule has 0 saturated heterocycles. The van der Waals surface area contributed by atoms with E-state index in [4.69, 9.17) is 18.6 Å². The maximum absolute atomic E-state index is 13.2. The van der Waals surface area contributed by atoms with Crippen LogP contribution in [0.5, 0.6) is 0 Å². The van der Waals surface area contributed by atoms with Gasteiger partial charge in [-0.25, -0.2) is 29.5 Å². The van der Waals surface area contributed by atoms with Gasteiger partial charge in [-0.05, 0) is 152 Å². The highest BCUT2D eigenvalue weighted by atomic mass is 16.5. The van der Waals surface area contributed by atoms with Crippen molar-refractivity contribution in [2.24, 2.45) is 0 Å². The molecule has 4 aliphatic rings. The van der Waals surface area contributed by atoms with Gasteiger partial charge in [-0.1, -0.05) is 6.07 Å². The molecule has 4 fully saturated rings. The molecule has 0 aromatic carbocycles. The van der Waals surface area contributed by atoms with Crippen molar-refractivity contribution in [3.05, 3.63) is 246 Å².